The van der Waals surface area contributed by atoms with Crippen LogP contribution in [-0.4, -0.2) is 17.6 Å². The fourth-order valence-corrected chi connectivity index (χ4v) is 2.32. The summed E-state index contributed by atoms with van der Waals surface area (Å²) in [6, 6.07) is 5.94. The average Bonchev–Trinajstić information content (AvgIpc) is 2.23. The highest BCUT2D eigenvalue weighted by Crippen LogP contribution is 2.41. The molecule has 0 heterocycles. The molecule has 0 radical (unpaired) electrons. The predicted molar refractivity (Wildman–Crippen MR) is 67.9 cm³/mol. The Bertz CT molecular complexity index is 410. The van der Waals surface area contributed by atoms with Gasteiger partial charge in [0.2, 0.25) is 5.91 Å². The fraction of sp³-hybridized carbons (Fsp3) is 0.500. The smallest absolute Gasteiger partial charge is 0.232 e. The Kier molecular flexibility index (Phi) is 3.20. The summed E-state index contributed by atoms with van der Waals surface area (Å²) in [5.41, 5.74) is 2.48. The lowest BCUT2D eigenvalue weighted by Crippen LogP contribution is -2.45. The number of carbonyl (C=O) groups excluding carboxylic acids is 1. The predicted octanol–water partition coefficient (Wildman–Crippen LogP) is 2.40. The van der Waals surface area contributed by atoms with Crippen LogP contribution in [0.2, 0.25) is 0 Å². The SMILES string of the molecule is Cc1cccc(C)c1NC(=O)C1(CO)CCC1. The summed E-state index contributed by atoms with van der Waals surface area (Å²) in [5, 5.41) is 12.3. The van der Waals surface area contributed by atoms with Gasteiger partial charge in [-0.05, 0) is 37.8 Å². The fourth-order valence-electron chi connectivity index (χ4n) is 2.32. The molecule has 92 valence electrons. The number of hydrogen-bond donors (Lipinski definition) is 2. The molecule has 2 rings (SSSR count). The maximum Gasteiger partial charge on any atom is 0.232 e. The van der Waals surface area contributed by atoms with E-state index >= 15 is 0 Å². The van der Waals surface area contributed by atoms with Crippen molar-refractivity contribution in [2.75, 3.05) is 11.9 Å². The number of para-hydroxylation sites is 1. The average molecular weight is 233 g/mol. The van der Waals surface area contributed by atoms with Crippen molar-refractivity contribution in [2.45, 2.75) is 33.1 Å². The maximum absolute atomic E-state index is 12.2. The van der Waals surface area contributed by atoms with Crippen LogP contribution in [0.1, 0.15) is 30.4 Å². The molecular weight excluding hydrogens is 214 g/mol. The lowest BCUT2D eigenvalue weighted by molar-refractivity contribution is -0.133. The van der Waals surface area contributed by atoms with Crippen LogP contribution in [0.4, 0.5) is 5.69 Å². The normalized spacial score (nSPS) is 17.4. The standard InChI is InChI=1S/C14H19NO2/c1-10-5-3-6-11(2)12(10)15-13(17)14(9-16)7-4-8-14/h3,5-6,16H,4,7-9H2,1-2H3,(H,15,17). The van der Waals surface area contributed by atoms with E-state index in [0.717, 1.165) is 36.1 Å². The largest absolute Gasteiger partial charge is 0.395 e. The van der Waals surface area contributed by atoms with Gasteiger partial charge in [0.05, 0.1) is 12.0 Å². The zero-order chi connectivity index (χ0) is 12.5. The van der Waals surface area contributed by atoms with Crippen LogP contribution in [0.5, 0.6) is 0 Å². The van der Waals surface area contributed by atoms with Crippen molar-refractivity contribution in [3.05, 3.63) is 29.3 Å². The number of hydrogen-bond acceptors (Lipinski definition) is 2. The van der Waals surface area contributed by atoms with Gasteiger partial charge in [-0.15, -0.1) is 0 Å². The number of rotatable bonds is 3. The molecule has 2 N–H and O–H groups in total. The molecule has 1 aromatic carbocycles. The van der Waals surface area contributed by atoms with Crippen LogP contribution in [0, 0.1) is 19.3 Å². The van der Waals surface area contributed by atoms with E-state index in [2.05, 4.69) is 5.32 Å². The number of carbonyl (C=O) groups is 1. The van der Waals surface area contributed by atoms with E-state index < -0.39 is 5.41 Å². The summed E-state index contributed by atoms with van der Waals surface area (Å²) < 4.78 is 0. The molecule has 1 aliphatic rings. The minimum atomic E-state index is -0.533. The third kappa shape index (κ3) is 2.07. The van der Waals surface area contributed by atoms with Crippen molar-refractivity contribution in [3.63, 3.8) is 0 Å². The lowest BCUT2D eigenvalue weighted by atomic mass is 9.68. The second-order valence-electron chi connectivity index (χ2n) is 5.01. The Morgan fingerprint density at radius 3 is 2.35 bits per heavy atom. The number of nitrogens with one attached hydrogen (secondary N) is 1. The zero-order valence-corrected chi connectivity index (χ0v) is 10.4. The Hall–Kier alpha value is -1.35. The molecule has 0 atom stereocenters. The van der Waals surface area contributed by atoms with E-state index in [-0.39, 0.29) is 12.5 Å². The molecule has 0 spiro atoms. The van der Waals surface area contributed by atoms with E-state index in [1.807, 2.05) is 32.0 Å². The van der Waals surface area contributed by atoms with Crippen LogP contribution in [0.3, 0.4) is 0 Å². The molecule has 1 aromatic rings. The van der Waals surface area contributed by atoms with E-state index in [0.29, 0.717) is 0 Å². The Morgan fingerprint density at radius 1 is 1.35 bits per heavy atom. The number of benzene rings is 1. The third-order valence-corrected chi connectivity index (χ3v) is 3.81. The number of anilines is 1. The quantitative estimate of drug-likeness (QED) is 0.842. The van der Waals surface area contributed by atoms with E-state index in [1.54, 1.807) is 0 Å². The van der Waals surface area contributed by atoms with Crippen molar-refractivity contribution in [2.24, 2.45) is 5.41 Å². The molecule has 1 aliphatic carbocycles. The molecule has 17 heavy (non-hydrogen) atoms. The third-order valence-electron chi connectivity index (χ3n) is 3.81. The second-order valence-corrected chi connectivity index (χ2v) is 5.01. The van der Waals surface area contributed by atoms with Gasteiger partial charge in [0, 0.05) is 5.69 Å². The Balaban J connectivity index is 2.18. The first kappa shape index (κ1) is 12.1. The molecule has 0 saturated heterocycles. The molecule has 1 amide bonds. The molecular formula is C14H19NO2. The van der Waals surface area contributed by atoms with Crippen LogP contribution in [0.25, 0.3) is 0 Å². The summed E-state index contributed by atoms with van der Waals surface area (Å²) in [7, 11) is 0. The van der Waals surface area contributed by atoms with Crippen molar-refractivity contribution in [1.82, 2.24) is 0 Å². The summed E-state index contributed by atoms with van der Waals surface area (Å²) in [5.74, 6) is -0.0383. The number of aliphatic hydroxyl groups excluding tert-OH is 1. The van der Waals surface area contributed by atoms with Gasteiger partial charge < -0.3 is 10.4 Å². The van der Waals surface area contributed by atoms with Crippen LogP contribution in [-0.2, 0) is 4.79 Å². The second kappa shape index (κ2) is 4.49. The summed E-state index contributed by atoms with van der Waals surface area (Å²) in [6.45, 7) is 3.91. The first-order chi connectivity index (χ1) is 8.09. The first-order valence-corrected chi connectivity index (χ1v) is 6.08. The van der Waals surface area contributed by atoms with Crippen LogP contribution >= 0.6 is 0 Å². The van der Waals surface area contributed by atoms with Crippen molar-refractivity contribution in [1.29, 1.82) is 0 Å². The maximum atomic E-state index is 12.2. The summed E-state index contributed by atoms with van der Waals surface area (Å²) in [6.07, 6.45) is 2.61. The van der Waals surface area contributed by atoms with Gasteiger partial charge in [0.15, 0.2) is 0 Å². The minimum Gasteiger partial charge on any atom is -0.395 e. The summed E-state index contributed by atoms with van der Waals surface area (Å²) in [4.78, 5) is 12.2. The highest BCUT2D eigenvalue weighted by atomic mass is 16.3. The van der Waals surface area contributed by atoms with E-state index in [1.165, 1.54) is 0 Å². The number of amides is 1. The van der Waals surface area contributed by atoms with E-state index in [9.17, 15) is 9.90 Å². The first-order valence-electron chi connectivity index (χ1n) is 6.08. The topological polar surface area (TPSA) is 49.3 Å². The monoisotopic (exact) mass is 233 g/mol. The zero-order valence-electron chi connectivity index (χ0n) is 10.4. The molecule has 3 nitrogen and oxygen atoms in total. The van der Waals surface area contributed by atoms with Crippen LogP contribution in [0.15, 0.2) is 18.2 Å². The molecule has 0 aliphatic heterocycles. The molecule has 3 heteroatoms. The molecule has 1 fully saturated rings. The molecule has 1 saturated carbocycles. The molecule has 0 aromatic heterocycles. The van der Waals surface area contributed by atoms with E-state index in [4.69, 9.17) is 0 Å². The Labute approximate surface area is 102 Å². The van der Waals surface area contributed by atoms with Gasteiger partial charge in [-0.3, -0.25) is 4.79 Å². The van der Waals surface area contributed by atoms with Crippen molar-refractivity contribution in [3.8, 4) is 0 Å². The summed E-state index contributed by atoms with van der Waals surface area (Å²) >= 11 is 0. The minimum absolute atomic E-state index is 0.0383. The number of aryl methyl sites for hydroxylation is 2. The van der Waals surface area contributed by atoms with Crippen LogP contribution < -0.4 is 5.32 Å². The molecule has 0 unspecified atom stereocenters. The number of aliphatic hydroxyl groups is 1. The van der Waals surface area contributed by atoms with Gasteiger partial charge in [-0.1, -0.05) is 24.6 Å². The van der Waals surface area contributed by atoms with Gasteiger partial charge in [-0.25, -0.2) is 0 Å². The highest BCUT2D eigenvalue weighted by Gasteiger charge is 2.43. The highest BCUT2D eigenvalue weighted by molar-refractivity contribution is 5.97. The Morgan fingerprint density at radius 2 is 1.94 bits per heavy atom. The van der Waals surface area contributed by atoms with Crippen molar-refractivity contribution < 1.29 is 9.90 Å². The molecule has 0 bridgehead atoms. The van der Waals surface area contributed by atoms with Gasteiger partial charge in [-0.2, -0.15) is 0 Å². The van der Waals surface area contributed by atoms with Crippen molar-refractivity contribution >= 4 is 11.6 Å². The van der Waals surface area contributed by atoms with Gasteiger partial charge in [0.25, 0.3) is 0 Å². The van der Waals surface area contributed by atoms with Gasteiger partial charge in [0.1, 0.15) is 0 Å². The lowest BCUT2D eigenvalue weighted by Gasteiger charge is -2.38. The van der Waals surface area contributed by atoms with Gasteiger partial charge >= 0.3 is 0 Å².